The van der Waals surface area contributed by atoms with E-state index >= 15 is 0 Å². The Morgan fingerprint density at radius 2 is 1.53 bits per heavy atom. The second-order valence-electron chi connectivity index (χ2n) is 5.77. The van der Waals surface area contributed by atoms with Crippen molar-refractivity contribution >= 4 is 17.1 Å². The van der Waals surface area contributed by atoms with Crippen LogP contribution < -0.4 is 14.8 Å². The molecular weight excluding hydrogens is 405 g/mol. The molecule has 11 nitrogen and oxygen atoms in total. The zero-order chi connectivity index (χ0) is 22.1. The quantitative estimate of drug-likeness (QED) is 0.524. The van der Waals surface area contributed by atoms with E-state index in [1.54, 1.807) is 12.1 Å². The molecule has 1 aliphatic heterocycles. The summed E-state index contributed by atoms with van der Waals surface area (Å²) in [6.45, 7) is 1.45. The average Bonchev–Trinajstić information content (AvgIpc) is 3.25. The molecule has 1 heterocycles. The van der Waals surface area contributed by atoms with E-state index in [4.69, 9.17) is 14.2 Å². The second kappa shape index (κ2) is 10.9. The van der Waals surface area contributed by atoms with Gasteiger partial charge in [0.05, 0.1) is 43.8 Å². The Kier molecular flexibility index (Phi) is 8.26. The van der Waals surface area contributed by atoms with Gasteiger partial charge in [-0.15, -0.1) is 0 Å². The Morgan fingerprint density at radius 3 is 2.03 bits per heavy atom. The third kappa shape index (κ3) is 6.25. The summed E-state index contributed by atoms with van der Waals surface area (Å²) in [7, 11) is 2.87. The van der Waals surface area contributed by atoms with Gasteiger partial charge in [-0.25, -0.2) is 0 Å². The molecule has 0 atom stereocenters. The molecule has 0 spiro atoms. The number of nitrogens with zero attached hydrogens (tertiary/aromatic N) is 2. The molecule has 30 heavy (non-hydrogen) atoms. The van der Waals surface area contributed by atoms with Crippen molar-refractivity contribution in [2.75, 3.05) is 39.3 Å². The van der Waals surface area contributed by atoms with Gasteiger partial charge in [0.15, 0.2) is 6.29 Å². The summed E-state index contributed by atoms with van der Waals surface area (Å²) in [6, 6.07) is 7.89. The van der Waals surface area contributed by atoms with E-state index in [-0.39, 0.29) is 17.7 Å². The Balaban J connectivity index is 0.000000232. The van der Waals surface area contributed by atoms with Crippen molar-refractivity contribution in [1.29, 1.82) is 0 Å². The van der Waals surface area contributed by atoms with Gasteiger partial charge in [0, 0.05) is 24.3 Å². The standard InChI is InChI=1S/C11H14N2O5.C7H6FNO3/c1-16-8-2-3-10(13(14)15)9(6-8)12-7-11-17-4-5-18-11;1-12-5-2-3-7(9(10)11)6(8)4-5/h2-3,6,11-12H,4-5,7H2,1H3;2-4H,1H3. The fourth-order valence-corrected chi connectivity index (χ4v) is 2.42. The molecule has 0 amide bonds. The topological polar surface area (TPSA) is 135 Å². The molecule has 12 heteroatoms. The minimum atomic E-state index is -0.889. The van der Waals surface area contributed by atoms with Crippen LogP contribution in [0.4, 0.5) is 21.5 Å². The normalized spacial score (nSPS) is 13.2. The van der Waals surface area contributed by atoms with Crippen LogP contribution in [0.1, 0.15) is 0 Å². The largest absolute Gasteiger partial charge is 0.497 e. The number of nitrogens with one attached hydrogen (secondary N) is 1. The van der Waals surface area contributed by atoms with Crippen molar-refractivity contribution in [2.45, 2.75) is 6.29 Å². The molecule has 1 fully saturated rings. The van der Waals surface area contributed by atoms with Gasteiger partial charge in [-0.2, -0.15) is 4.39 Å². The number of benzene rings is 2. The number of hydrogen-bond acceptors (Lipinski definition) is 9. The van der Waals surface area contributed by atoms with Crippen LogP contribution in [0, 0.1) is 26.0 Å². The first kappa shape index (κ1) is 22.8. The summed E-state index contributed by atoms with van der Waals surface area (Å²) in [5.74, 6) is -0.0752. The molecule has 0 bridgehead atoms. The molecule has 162 valence electrons. The molecule has 2 aromatic rings. The van der Waals surface area contributed by atoms with Crippen molar-refractivity contribution in [3.8, 4) is 11.5 Å². The van der Waals surface area contributed by atoms with E-state index in [1.165, 1.54) is 26.4 Å². The van der Waals surface area contributed by atoms with Crippen LogP contribution in [-0.4, -0.2) is 50.1 Å². The number of anilines is 1. The number of methoxy groups -OCH3 is 2. The summed E-state index contributed by atoms with van der Waals surface area (Å²) in [5, 5.41) is 24.0. The van der Waals surface area contributed by atoms with Crippen LogP contribution in [0.15, 0.2) is 36.4 Å². The van der Waals surface area contributed by atoms with E-state index in [9.17, 15) is 24.6 Å². The Bertz CT molecular complexity index is 890. The maximum absolute atomic E-state index is 12.8. The van der Waals surface area contributed by atoms with Crippen molar-refractivity contribution in [1.82, 2.24) is 0 Å². The predicted octanol–water partition coefficient (Wildman–Crippen LogP) is 3.13. The van der Waals surface area contributed by atoms with Gasteiger partial charge in [-0.1, -0.05) is 0 Å². The number of nitro groups is 2. The highest BCUT2D eigenvalue weighted by atomic mass is 19.1. The van der Waals surface area contributed by atoms with Gasteiger partial charge in [0.25, 0.3) is 5.69 Å². The van der Waals surface area contributed by atoms with Gasteiger partial charge in [0.2, 0.25) is 5.82 Å². The maximum atomic E-state index is 12.8. The van der Waals surface area contributed by atoms with Crippen LogP contribution in [0.2, 0.25) is 0 Å². The zero-order valence-corrected chi connectivity index (χ0v) is 16.2. The lowest BCUT2D eigenvalue weighted by Crippen LogP contribution is -2.20. The average molecular weight is 425 g/mol. The van der Waals surface area contributed by atoms with Gasteiger partial charge >= 0.3 is 5.69 Å². The van der Waals surface area contributed by atoms with Gasteiger partial charge in [-0.3, -0.25) is 20.2 Å². The fourth-order valence-electron chi connectivity index (χ4n) is 2.42. The molecule has 0 unspecified atom stereocenters. The zero-order valence-electron chi connectivity index (χ0n) is 16.2. The third-order valence-electron chi connectivity index (χ3n) is 3.90. The number of hydrogen-bond donors (Lipinski definition) is 1. The monoisotopic (exact) mass is 425 g/mol. The SMILES string of the molecule is COc1ccc([N+](=O)[O-])c(F)c1.COc1ccc([N+](=O)[O-])c(NCC2OCCO2)c1. The molecule has 0 saturated carbocycles. The smallest absolute Gasteiger partial charge is 0.305 e. The molecular formula is C18H20FN3O8. The fraction of sp³-hybridized carbons (Fsp3) is 0.333. The minimum absolute atomic E-state index is 0.00574. The van der Waals surface area contributed by atoms with E-state index in [2.05, 4.69) is 10.1 Å². The summed E-state index contributed by atoms with van der Waals surface area (Å²) in [6.07, 6.45) is -0.365. The van der Waals surface area contributed by atoms with Crippen LogP contribution in [0.25, 0.3) is 0 Å². The van der Waals surface area contributed by atoms with Gasteiger partial charge in [0.1, 0.15) is 17.2 Å². The molecule has 1 saturated heterocycles. The predicted molar refractivity (Wildman–Crippen MR) is 103 cm³/mol. The van der Waals surface area contributed by atoms with Gasteiger partial charge in [-0.05, 0) is 12.1 Å². The first-order chi connectivity index (χ1) is 14.3. The number of nitro benzene ring substituents is 2. The molecule has 0 radical (unpaired) electrons. The van der Waals surface area contributed by atoms with Crippen LogP contribution >= 0.6 is 0 Å². The highest BCUT2D eigenvalue weighted by Gasteiger charge is 2.19. The summed E-state index contributed by atoms with van der Waals surface area (Å²) in [5.41, 5.74) is -0.164. The Morgan fingerprint density at radius 1 is 1.00 bits per heavy atom. The van der Waals surface area contributed by atoms with Crippen molar-refractivity contribution < 1.29 is 33.2 Å². The van der Waals surface area contributed by atoms with Crippen LogP contribution in [0.5, 0.6) is 11.5 Å². The van der Waals surface area contributed by atoms with Crippen molar-refractivity contribution in [3.63, 3.8) is 0 Å². The highest BCUT2D eigenvalue weighted by Crippen LogP contribution is 2.29. The second-order valence-corrected chi connectivity index (χ2v) is 5.77. The third-order valence-corrected chi connectivity index (χ3v) is 3.90. The number of ether oxygens (including phenoxy) is 4. The highest BCUT2D eigenvalue weighted by molar-refractivity contribution is 5.64. The summed E-state index contributed by atoms with van der Waals surface area (Å²) < 4.78 is 33.0. The van der Waals surface area contributed by atoms with Crippen LogP contribution in [0.3, 0.4) is 0 Å². The van der Waals surface area contributed by atoms with E-state index in [0.717, 1.165) is 12.1 Å². The van der Waals surface area contributed by atoms with E-state index in [1.807, 2.05) is 0 Å². The minimum Gasteiger partial charge on any atom is -0.497 e. The Labute approximate surface area is 170 Å². The van der Waals surface area contributed by atoms with E-state index in [0.29, 0.717) is 31.2 Å². The molecule has 1 aliphatic rings. The van der Waals surface area contributed by atoms with Crippen molar-refractivity contribution in [2.24, 2.45) is 0 Å². The summed E-state index contributed by atoms with van der Waals surface area (Å²) in [4.78, 5) is 19.8. The molecule has 1 N–H and O–H groups in total. The molecule has 0 aliphatic carbocycles. The molecule has 3 rings (SSSR count). The summed E-state index contributed by atoms with van der Waals surface area (Å²) >= 11 is 0. The number of rotatable bonds is 7. The molecule has 2 aromatic carbocycles. The Hall–Kier alpha value is -3.51. The lowest BCUT2D eigenvalue weighted by atomic mass is 10.2. The van der Waals surface area contributed by atoms with Crippen molar-refractivity contribution in [3.05, 3.63) is 62.4 Å². The van der Waals surface area contributed by atoms with Crippen LogP contribution in [-0.2, 0) is 9.47 Å². The first-order valence-electron chi connectivity index (χ1n) is 8.63. The maximum Gasteiger partial charge on any atom is 0.305 e. The first-order valence-corrected chi connectivity index (χ1v) is 8.63. The molecule has 0 aromatic heterocycles. The lowest BCUT2D eigenvalue weighted by molar-refractivity contribution is -0.387. The number of halogens is 1. The van der Waals surface area contributed by atoms with E-state index < -0.39 is 21.4 Å². The van der Waals surface area contributed by atoms with Gasteiger partial charge < -0.3 is 24.3 Å². The lowest BCUT2D eigenvalue weighted by Gasteiger charge is -2.12.